The van der Waals surface area contributed by atoms with Crippen molar-refractivity contribution in [1.29, 1.82) is 5.26 Å². The van der Waals surface area contributed by atoms with Gasteiger partial charge in [-0.2, -0.15) is 5.26 Å². The molecule has 0 amide bonds. The molecule has 1 unspecified atom stereocenters. The molecule has 0 saturated carbocycles. The minimum atomic E-state index is 0.260. The van der Waals surface area contributed by atoms with Crippen LogP contribution in [0.5, 0.6) is 5.75 Å². The molecule has 1 saturated heterocycles. The molecule has 4 nitrogen and oxygen atoms in total. The standard InChI is InChI=1S/C17H24N2O2/c18-13-15-6-8-17(9-7-15)21-12-4-11-19-10-3-1-2-5-16(19)14-20/h6-9,16,20H,1-5,10-12,14H2. The van der Waals surface area contributed by atoms with Crippen molar-refractivity contribution in [2.75, 3.05) is 26.3 Å². The van der Waals surface area contributed by atoms with E-state index in [4.69, 9.17) is 10.00 Å². The number of ether oxygens (including phenoxy) is 1. The van der Waals surface area contributed by atoms with Crippen molar-refractivity contribution in [3.05, 3.63) is 29.8 Å². The molecule has 1 aromatic rings. The maximum absolute atomic E-state index is 9.47. The monoisotopic (exact) mass is 288 g/mol. The van der Waals surface area contributed by atoms with E-state index < -0.39 is 0 Å². The Kier molecular flexibility index (Phi) is 6.52. The lowest BCUT2D eigenvalue weighted by atomic mass is 10.1. The van der Waals surface area contributed by atoms with Crippen LogP contribution in [0.15, 0.2) is 24.3 Å². The summed E-state index contributed by atoms with van der Waals surface area (Å²) in [5, 5.41) is 18.2. The Hall–Kier alpha value is -1.57. The zero-order chi connectivity index (χ0) is 14.9. The molecule has 0 aliphatic carbocycles. The number of aliphatic hydroxyl groups excluding tert-OH is 1. The maximum atomic E-state index is 9.47. The third-order valence-corrected chi connectivity index (χ3v) is 4.05. The van der Waals surface area contributed by atoms with Crippen molar-refractivity contribution >= 4 is 0 Å². The molecule has 2 rings (SSSR count). The second-order valence-electron chi connectivity index (χ2n) is 5.56. The first kappa shape index (κ1) is 15.8. The summed E-state index contributed by atoms with van der Waals surface area (Å²) in [5.41, 5.74) is 0.651. The minimum absolute atomic E-state index is 0.260. The number of hydrogen-bond donors (Lipinski definition) is 1. The topological polar surface area (TPSA) is 56.5 Å². The first-order valence-electron chi connectivity index (χ1n) is 7.81. The van der Waals surface area contributed by atoms with Crippen molar-refractivity contribution < 1.29 is 9.84 Å². The van der Waals surface area contributed by atoms with Crippen LogP contribution in [0.3, 0.4) is 0 Å². The summed E-state index contributed by atoms with van der Waals surface area (Å²) in [6.07, 6.45) is 5.79. The predicted octanol–water partition coefficient (Wildman–Crippen LogP) is 2.56. The highest BCUT2D eigenvalue weighted by atomic mass is 16.5. The molecule has 0 bridgehead atoms. The molecule has 1 heterocycles. The average Bonchev–Trinajstić information content (AvgIpc) is 2.77. The maximum Gasteiger partial charge on any atom is 0.119 e. The molecule has 114 valence electrons. The second kappa shape index (κ2) is 8.66. The summed E-state index contributed by atoms with van der Waals surface area (Å²) in [6, 6.07) is 9.63. The smallest absolute Gasteiger partial charge is 0.119 e. The SMILES string of the molecule is N#Cc1ccc(OCCCN2CCCCCC2CO)cc1. The van der Waals surface area contributed by atoms with Gasteiger partial charge < -0.3 is 9.84 Å². The van der Waals surface area contributed by atoms with Crippen LogP contribution < -0.4 is 4.74 Å². The summed E-state index contributed by atoms with van der Waals surface area (Å²) in [4.78, 5) is 2.40. The Morgan fingerprint density at radius 2 is 2.05 bits per heavy atom. The van der Waals surface area contributed by atoms with Crippen LogP contribution in [0.25, 0.3) is 0 Å². The van der Waals surface area contributed by atoms with Gasteiger partial charge in [0.05, 0.1) is 24.8 Å². The highest BCUT2D eigenvalue weighted by molar-refractivity contribution is 5.34. The largest absolute Gasteiger partial charge is 0.494 e. The molecular formula is C17H24N2O2. The van der Waals surface area contributed by atoms with Crippen LogP contribution in [0.4, 0.5) is 0 Å². The molecule has 1 aliphatic rings. The molecule has 1 aromatic carbocycles. The van der Waals surface area contributed by atoms with Gasteiger partial charge in [-0.05, 0) is 50.1 Å². The number of benzene rings is 1. The van der Waals surface area contributed by atoms with E-state index in [2.05, 4.69) is 11.0 Å². The molecular weight excluding hydrogens is 264 g/mol. The molecule has 1 atom stereocenters. The van der Waals surface area contributed by atoms with Crippen LogP contribution in [-0.2, 0) is 0 Å². The molecule has 1 fully saturated rings. The lowest BCUT2D eigenvalue weighted by Crippen LogP contribution is -2.38. The van der Waals surface area contributed by atoms with Crippen molar-refractivity contribution in [3.63, 3.8) is 0 Å². The predicted molar refractivity (Wildman–Crippen MR) is 82.2 cm³/mol. The Morgan fingerprint density at radius 3 is 2.76 bits per heavy atom. The molecule has 21 heavy (non-hydrogen) atoms. The third-order valence-electron chi connectivity index (χ3n) is 4.05. The fraction of sp³-hybridized carbons (Fsp3) is 0.588. The van der Waals surface area contributed by atoms with Crippen molar-refractivity contribution in [2.24, 2.45) is 0 Å². The van der Waals surface area contributed by atoms with Crippen LogP contribution in [0, 0.1) is 11.3 Å². The quantitative estimate of drug-likeness (QED) is 0.817. The number of likely N-dealkylation sites (tertiary alicyclic amines) is 1. The van der Waals surface area contributed by atoms with Gasteiger partial charge in [0.15, 0.2) is 0 Å². The average molecular weight is 288 g/mol. The van der Waals surface area contributed by atoms with E-state index in [0.29, 0.717) is 18.2 Å². The Labute approximate surface area is 127 Å². The zero-order valence-corrected chi connectivity index (χ0v) is 12.5. The molecule has 0 radical (unpaired) electrons. The third kappa shape index (κ3) is 5.04. The molecule has 1 aliphatic heterocycles. The number of nitriles is 1. The van der Waals surface area contributed by atoms with E-state index in [1.165, 1.54) is 19.3 Å². The van der Waals surface area contributed by atoms with Gasteiger partial charge in [-0.3, -0.25) is 4.90 Å². The summed E-state index contributed by atoms with van der Waals surface area (Å²) >= 11 is 0. The van der Waals surface area contributed by atoms with E-state index in [1.54, 1.807) is 12.1 Å². The highest BCUT2D eigenvalue weighted by Gasteiger charge is 2.19. The number of aliphatic hydroxyl groups is 1. The molecule has 1 N–H and O–H groups in total. The van der Waals surface area contributed by atoms with Gasteiger partial charge in [0.25, 0.3) is 0 Å². The highest BCUT2D eigenvalue weighted by Crippen LogP contribution is 2.17. The summed E-state index contributed by atoms with van der Waals surface area (Å²) in [6.45, 7) is 2.99. The minimum Gasteiger partial charge on any atom is -0.494 e. The summed E-state index contributed by atoms with van der Waals surface area (Å²) in [5.74, 6) is 0.809. The van der Waals surface area contributed by atoms with Gasteiger partial charge in [-0.25, -0.2) is 0 Å². The lowest BCUT2D eigenvalue weighted by Gasteiger charge is -2.28. The Balaban J connectivity index is 1.71. The number of nitrogens with zero attached hydrogens (tertiary/aromatic N) is 2. The number of hydrogen-bond acceptors (Lipinski definition) is 4. The van der Waals surface area contributed by atoms with Gasteiger partial charge in [0, 0.05) is 12.6 Å². The first-order valence-corrected chi connectivity index (χ1v) is 7.81. The summed E-state index contributed by atoms with van der Waals surface area (Å²) < 4.78 is 5.70. The number of rotatable bonds is 6. The van der Waals surface area contributed by atoms with Crippen LogP contribution in [-0.4, -0.2) is 42.4 Å². The van der Waals surface area contributed by atoms with E-state index in [0.717, 1.165) is 31.7 Å². The van der Waals surface area contributed by atoms with Gasteiger partial charge in [-0.1, -0.05) is 12.8 Å². The van der Waals surface area contributed by atoms with E-state index in [1.807, 2.05) is 12.1 Å². The van der Waals surface area contributed by atoms with Gasteiger partial charge in [-0.15, -0.1) is 0 Å². The van der Waals surface area contributed by atoms with Crippen LogP contribution in [0.1, 0.15) is 37.7 Å². The van der Waals surface area contributed by atoms with Gasteiger partial charge in [0.1, 0.15) is 5.75 Å². The fourth-order valence-electron chi connectivity index (χ4n) is 2.82. The van der Waals surface area contributed by atoms with Crippen LogP contribution in [0.2, 0.25) is 0 Å². The van der Waals surface area contributed by atoms with Gasteiger partial charge >= 0.3 is 0 Å². The summed E-state index contributed by atoms with van der Waals surface area (Å²) in [7, 11) is 0. The fourth-order valence-corrected chi connectivity index (χ4v) is 2.82. The first-order chi connectivity index (χ1) is 10.3. The van der Waals surface area contributed by atoms with E-state index >= 15 is 0 Å². The second-order valence-corrected chi connectivity index (χ2v) is 5.56. The Morgan fingerprint density at radius 1 is 1.24 bits per heavy atom. The molecule has 0 spiro atoms. The molecule has 0 aromatic heterocycles. The van der Waals surface area contributed by atoms with E-state index in [-0.39, 0.29) is 6.61 Å². The van der Waals surface area contributed by atoms with Crippen molar-refractivity contribution in [3.8, 4) is 11.8 Å². The van der Waals surface area contributed by atoms with Gasteiger partial charge in [0.2, 0.25) is 0 Å². The van der Waals surface area contributed by atoms with Crippen molar-refractivity contribution in [1.82, 2.24) is 4.90 Å². The van der Waals surface area contributed by atoms with E-state index in [9.17, 15) is 5.11 Å². The van der Waals surface area contributed by atoms with Crippen molar-refractivity contribution in [2.45, 2.75) is 38.1 Å². The normalized spacial score (nSPS) is 19.7. The van der Waals surface area contributed by atoms with Crippen LogP contribution >= 0.6 is 0 Å². The zero-order valence-electron chi connectivity index (χ0n) is 12.5. The Bertz CT molecular complexity index is 453. The molecule has 4 heteroatoms. The lowest BCUT2D eigenvalue weighted by molar-refractivity contribution is 0.118.